The average molecular weight is 260 g/mol. The van der Waals surface area contributed by atoms with Crippen molar-refractivity contribution in [2.75, 3.05) is 6.61 Å². The number of rotatable bonds is 3. The Labute approximate surface area is 110 Å². The van der Waals surface area contributed by atoms with Crippen LogP contribution in [0.1, 0.15) is 23.9 Å². The number of benzene rings is 1. The van der Waals surface area contributed by atoms with Gasteiger partial charge in [-0.2, -0.15) is 0 Å². The highest BCUT2D eigenvalue weighted by molar-refractivity contribution is 5.80. The van der Waals surface area contributed by atoms with Crippen molar-refractivity contribution in [1.82, 2.24) is 9.97 Å². The fourth-order valence-electron chi connectivity index (χ4n) is 1.88. The van der Waals surface area contributed by atoms with Crippen molar-refractivity contribution in [3.05, 3.63) is 39.4 Å². The number of ether oxygens (including phenoxy) is 1. The molecule has 100 valence electrons. The van der Waals surface area contributed by atoms with Crippen LogP contribution in [0.25, 0.3) is 10.9 Å². The highest BCUT2D eigenvalue weighted by Gasteiger charge is 2.10. The number of fused-ring (bicyclic) bond motifs is 1. The lowest BCUT2D eigenvalue weighted by molar-refractivity contribution is -0.142. The summed E-state index contributed by atoms with van der Waals surface area (Å²) >= 11 is 0. The number of hydrogen-bond acceptors (Lipinski definition) is 4. The molecule has 0 radical (unpaired) electrons. The van der Waals surface area contributed by atoms with Gasteiger partial charge in [-0.3, -0.25) is 9.59 Å². The third-order valence-corrected chi connectivity index (χ3v) is 2.99. The van der Waals surface area contributed by atoms with Gasteiger partial charge in [0.05, 0.1) is 17.5 Å². The molecule has 0 fully saturated rings. The normalized spacial score (nSPS) is 10.7. The van der Waals surface area contributed by atoms with Gasteiger partial charge in [0.2, 0.25) is 0 Å². The third-order valence-electron chi connectivity index (χ3n) is 2.99. The number of nitrogens with one attached hydrogen (secondary N) is 1. The molecule has 0 aliphatic carbocycles. The van der Waals surface area contributed by atoms with Crippen LogP contribution in [-0.4, -0.2) is 22.5 Å². The number of carbonyl (C=O) groups excluding carboxylic acids is 1. The molecule has 19 heavy (non-hydrogen) atoms. The molecule has 0 bridgehead atoms. The van der Waals surface area contributed by atoms with Crippen molar-refractivity contribution < 1.29 is 9.53 Å². The SMILES string of the molecule is CCOC(=O)Cc1nc2cc(C)c(C)cc2c(=O)[nH]1. The molecule has 0 aliphatic heterocycles. The molecule has 1 aromatic carbocycles. The van der Waals surface area contributed by atoms with Gasteiger partial charge in [-0.05, 0) is 44.0 Å². The van der Waals surface area contributed by atoms with Gasteiger partial charge in [0.1, 0.15) is 12.2 Å². The topological polar surface area (TPSA) is 72.0 Å². The average Bonchev–Trinajstić information content (AvgIpc) is 2.32. The van der Waals surface area contributed by atoms with Gasteiger partial charge in [0.25, 0.3) is 5.56 Å². The van der Waals surface area contributed by atoms with Gasteiger partial charge < -0.3 is 9.72 Å². The zero-order valence-electron chi connectivity index (χ0n) is 11.2. The van der Waals surface area contributed by atoms with Crippen LogP contribution in [0.4, 0.5) is 0 Å². The highest BCUT2D eigenvalue weighted by atomic mass is 16.5. The highest BCUT2D eigenvalue weighted by Crippen LogP contribution is 2.14. The maximum absolute atomic E-state index is 12.0. The van der Waals surface area contributed by atoms with E-state index in [2.05, 4.69) is 9.97 Å². The van der Waals surface area contributed by atoms with Crippen LogP contribution in [0.5, 0.6) is 0 Å². The minimum absolute atomic E-state index is 0.0219. The van der Waals surface area contributed by atoms with Crippen LogP contribution in [0.15, 0.2) is 16.9 Å². The number of aromatic nitrogens is 2. The van der Waals surface area contributed by atoms with Crippen LogP contribution >= 0.6 is 0 Å². The number of nitrogens with zero attached hydrogens (tertiary/aromatic N) is 1. The van der Waals surface area contributed by atoms with Crippen molar-refractivity contribution in [3.8, 4) is 0 Å². The maximum atomic E-state index is 12.0. The first-order valence-corrected chi connectivity index (χ1v) is 6.17. The number of hydrogen-bond donors (Lipinski definition) is 1. The molecule has 0 saturated carbocycles. The minimum atomic E-state index is -0.395. The van der Waals surface area contributed by atoms with Crippen molar-refractivity contribution in [2.45, 2.75) is 27.2 Å². The summed E-state index contributed by atoms with van der Waals surface area (Å²) in [7, 11) is 0. The second kappa shape index (κ2) is 5.22. The smallest absolute Gasteiger partial charge is 0.313 e. The first-order chi connectivity index (χ1) is 9.01. The zero-order valence-corrected chi connectivity index (χ0v) is 11.2. The molecule has 1 aromatic heterocycles. The van der Waals surface area contributed by atoms with E-state index < -0.39 is 5.97 Å². The molecule has 0 atom stereocenters. The Bertz CT molecular complexity index is 689. The lowest BCUT2D eigenvalue weighted by Gasteiger charge is -2.05. The third kappa shape index (κ3) is 2.81. The summed E-state index contributed by atoms with van der Waals surface area (Å²) in [5.74, 6) is -0.0620. The van der Waals surface area contributed by atoms with Crippen molar-refractivity contribution in [2.24, 2.45) is 0 Å². The fraction of sp³-hybridized carbons (Fsp3) is 0.357. The van der Waals surface area contributed by atoms with Crippen LogP contribution in [0.3, 0.4) is 0 Å². The van der Waals surface area contributed by atoms with E-state index in [9.17, 15) is 9.59 Å². The molecule has 0 unspecified atom stereocenters. The molecule has 5 heteroatoms. The maximum Gasteiger partial charge on any atom is 0.313 e. The first-order valence-electron chi connectivity index (χ1n) is 6.17. The first kappa shape index (κ1) is 13.3. The van der Waals surface area contributed by atoms with Crippen LogP contribution in [0, 0.1) is 13.8 Å². The van der Waals surface area contributed by atoms with Gasteiger partial charge in [0.15, 0.2) is 0 Å². The zero-order chi connectivity index (χ0) is 14.0. The van der Waals surface area contributed by atoms with Gasteiger partial charge in [0, 0.05) is 0 Å². The molecule has 1 N–H and O–H groups in total. The number of esters is 1. The van der Waals surface area contributed by atoms with E-state index in [1.54, 1.807) is 6.92 Å². The quantitative estimate of drug-likeness (QED) is 0.852. The Morgan fingerprint density at radius 2 is 2.00 bits per heavy atom. The summed E-state index contributed by atoms with van der Waals surface area (Å²) in [5.41, 5.74) is 2.48. The lowest BCUT2D eigenvalue weighted by Crippen LogP contribution is -2.16. The van der Waals surface area contributed by atoms with Gasteiger partial charge in [-0.15, -0.1) is 0 Å². The second-order valence-corrected chi connectivity index (χ2v) is 4.45. The molecular formula is C14H16N2O3. The summed E-state index contributed by atoms with van der Waals surface area (Å²) in [6.45, 7) is 5.96. The predicted molar refractivity (Wildman–Crippen MR) is 72.2 cm³/mol. The van der Waals surface area contributed by atoms with Gasteiger partial charge in [-0.25, -0.2) is 4.98 Å². The fourth-order valence-corrected chi connectivity index (χ4v) is 1.88. The Morgan fingerprint density at radius 1 is 1.32 bits per heavy atom. The summed E-state index contributed by atoms with van der Waals surface area (Å²) in [6, 6.07) is 3.67. The molecule has 2 aromatic rings. The van der Waals surface area contributed by atoms with E-state index >= 15 is 0 Å². The molecule has 2 rings (SSSR count). The summed E-state index contributed by atoms with van der Waals surface area (Å²) < 4.78 is 4.84. The molecular weight excluding hydrogens is 244 g/mol. The molecule has 0 amide bonds. The Kier molecular flexibility index (Phi) is 3.64. The Hall–Kier alpha value is -2.17. The lowest BCUT2D eigenvalue weighted by atomic mass is 10.1. The van der Waals surface area contributed by atoms with E-state index in [0.29, 0.717) is 23.3 Å². The standard InChI is InChI=1S/C14H16N2O3/c1-4-19-13(17)7-12-15-11-6-9(3)8(2)5-10(11)14(18)16-12/h5-6H,4,7H2,1-3H3,(H,15,16,18). The van der Waals surface area contributed by atoms with Crippen LogP contribution in [0.2, 0.25) is 0 Å². The summed E-state index contributed by atoms with van der Waals surface area (Å²) in [5, 5.41) is 0.538. The van der Waals surface area contributed by atoms with Crippen molar-refractivity contribution in [1.29, 1.82) is 0 Å². The number of aromatic amines is 1. The van der Waals surface area contributed by atoms with Crippen molar-refractivity contribution >= 4 is 16.9 Å². The van der Waals surface area contributed by atoms with Crippen molar-refractivity contribution in [3.63, 3.8) is 0 Å². The summed E-state index contributed by atoms with van der Waals surface area (Å²) in [4.78, 5) is 30.3. The van der Waals surface area contributed by atoms with E-state index in [4.69, 9.17) is 4.74 Å². The van der Waals surface area contributed by atoms with Crippen LogP contribution < -0.4 is 5.56 Å². The largest absolute Gasteiger partial charge is 0.466 e. The van der Waals surface area contributed by atoms with E-state index in [1.165, 1.54) is 0 Å². The van der Waals surface area contributed by atoms with Crippen LogP contribution in [-0.2, 0) is 16.0 Å². The Morgan fingerprint density at radius 3 is 2.68 bits per heavy atom. The van der Waals surface area contributed by atoms with E-state index in [1.807, 2.05) is 26.0 Å². The molecule has 0 aliphatic rings. The number of carbonyl (C=O) groups is 1. The molecule has 0 spiro atoms. The molecule has 5 nitrogen and oxygen atoms in total. The van der Waals surface area contributed by atoms with Gasteiger partial charge in [-0.1, -0.05) is 0 Å². The molecule has 0 saturated heterocycles. The predicted octanol–water partition coefficient (Wildman–Crippen LogP) is 1.65. The number of aryl methyl sites for hydroxylation is 2. The molecule has 1 heterocycles. The van der Waals surface area contributed by atoms with E-state index in [-0.39, 0.29) is 12.0 Å². The van der Waals surface area contributed by atoms with E-state index in [0.717, 1.165) is 11.1 Å². The number of H-pyrrole nitrogens is 1. The second-order valence-electron chi connectivity index (χ2n) is 4.45. The monoisotopic (exact) mass is 260 g/mol. The summed E-state index contributed by atoms with van der Waals surface area (Å²) in [6.07, 6.45) is -0.0219. The van der Waals surface area contributed by atoms with Gasteiger partial charge >= 0.3 is 5.97 Å². The minimum Gasteiger partial charge on any atom is -0.466 e. The Balaban J connectivity index is 2.46.